The number of hydrogen-bond acceptors (Lipinski definition) is 6. The van der Waals surface area contributed by atoms with Gasteiger partial charge in [0.15, 0.2) is 0 Å². The van der Waals surface area contributed by atoms with Crippen molar-refractivity contribution in [1.82, 2.24) is 15.0 Å². The number of carbonyl (C=O) groups is 2. The Kier molecular flexibility index (Phi) is 5.22. The molecule has 3 aromatic carbocycles. The van der Waals surface area contributed by atoms with Crippen LogP contribution in [-0.2, 0) is 6.42 Å². The van der Waals surface area contributed by atoms with Gasteiger partial charge >= 0.3 is 0 Å². The van der Waals surface area contributed by atoms with Gasteiger partial charge in [0, 0.05) is 12.0 Å². The van der Waals surface area contributed by atoms with Crippen LogP contribution in [0.4, 0.5) is 0 Å². The first-order valence-electron chi connectivity index (χ1n) is 10.6. The fourth-order valence-corrected chi connectivity index (χ4v) is 4.06. The molecule has 2 heterocycles. The largest absolute Gasteiger partial charge is 0.496 e. The Balaban J connectivity index is 1.55. The quantitative estimate of drug-likeness (QED) is 0.407. The number of ether oxygens (including phenoxy) is 1. The maximum atomic E-state index is 13.2. The topological polar surface area (TPSA) is 85.5 Å². The van der Waals surface area contributed by atoms with Crippen molar-refractivity contribution in [2.75, 3.05) is 7.11 Å². The summed E-state index contributed by atoms with van der Waals surface area (Å²) < 4.78 is 11.0. The highest BCUT2D eigenvalue weighted by atomic mass is 16.5. The minimum atomic E-state index is -0.742. The summed E-state index contributed by atoms with van der Waals surface area (Å²) in [5.41, 5.74) is 3.40. The average Bonchev–Trinajstić information content (AvgIpc) is 3.43. The number of carbonyl (C=O) groups excluding carboxylic acids is 2. The fourth-order valence-electron chi connectivity index (χ4n) is 4.06. The maximum absolute atomic E-state index is 13.2. The van der Waals surface area contributed by atoms with Gasteiger partial charge in [0.1, 0.15) is 11.8 Å². The molecule has 2 amide bonds. The molecule has 164 valence electrons. The van der Waals surface area contributed by atoms with E-state index in [-0.39, 0.29) is 17.7 Å². The van der Waals surface area contributed by atoms with Crippen molar-refractivity contribution in [2.24, 2.45) is 0 Å². The Labute approximate surface area is 190 Å². The van der Waals surface area contributed by atoms with Gasteiger partial charge in [0.25, 0.3) is 17.7 Å². The highest BCUT2D eigenvalue weighted by molar-refractivity contribution is 6.21. The third-order valence-electron chi connectivity index (χ3n) is 5.80. The van der Waals surface area contributed by atoms with Crippen molar-refractivity contribution in [3.63, 3.8) is 0 Å². The first kappa shape index (κ1) is 20.6. The van der Waals surface area contributed by atoms with Crippen LogP contribution in [0.2, 0.25) is 0 Å². The predicted molar refractivity (Wildman–Crippen MR) is 121 cm³/mol. The van der Waals surface area contributed by atoms with Gasteiger partial charge in [-0.1, -0.05) is 59.8 Å². The van der Waals surface area contributed by atoms with Crippen molar-refractivity contribution >= 4 is 11.8 Å². The number of imide groups is 1. The number of amides is 2. The molecule has 1 aliphatic rings. The number of rotatable bonds is 6. The van der Waals surface area contributed by atoms with Crippen LogP contribution < -0.4 is 4.74 Å². The van der Waals surface area contributed by atoms with Crippen molar-refractivity contribution in [1.29, 1.82) is 0 Å². The third-order valence-corrected chi connectivity index (χ3v) is 5.80. The van der Waals surface area contributed by atoms with Gasteiger partial charge in [0.05, 0.1) is 18.2 Å². The standard InChI is InChI=1S/C26H21N3O4/c1-16-12-13-18(15-22(16)32-2)23-27-24(33-28-23)21(14-17-8-4-3-5-9-17)29-25(30)19-10-6-7-11-20(19)26(29)31/h3-13,15,21H,14H2,1-2H3. The van der Waals surface area contributed by atoms with Crippen LogP contribution in [-0.4, -0.2) is 34.0 Å². The second-order valence-electron chi connectivity index (χ2n) is 7.87. The number of aryl methyl sites for hydroxylation is 1. The molecule has 0 spiro atoms. The second-order valence-corrected chi connectivity index (χ2v) is 7.87. The van der Waals surface area contributed by atoms with E-state index in [9.17, 15) is 9.59 Å². The minimum Gasteiger partial charge on any atom is -0.496 e. The van der Waals surface area contributed by atoms with Gasteiger partial charge in [-0.05, 0) is 36.2 Å². The number of fused-ring (bicyclic) bond motifs is 1. The van der Waals surface area contributed by atoms with Gasteiger partial charge in [-0.15, -0.1) is 0 Å². The smallest absolute Gasteiger partial charge is 0.262 e. The SMILES string of the molecule is COc1cc(-c2noc(C(Cc3ccccc3)N3C(=O)c4ccccc4C3=O)n2)ccc1C. The van der Waals surface area contributed by atoms with Crippen LogP contribution in [0.15, 0.2) is 77.3 Å². The molecule has 7 heteroatoms. The number of benzene rings is 3. The summed E-state index contributed by atoms with van der Waals surface area (Å²) in [5.74, 6) is 0.530. The van der Waals surface area contributed by atoms with Crippen LogP contribution in [0.5, 0.6) is 5.75 Å². The lowest BCUT2D eigenvalue weighted by atomic mass is 10.0. The number of hydrogen-bond donors (Lipinski definition) is 0. The van der Waals surface area contributed by atoms with Gasteiger partial charge < -0.3 is 9.26 Å². The van der Waals surface area contributed by atoms with E-state index in [4.69, 9.17) is 9.26 Å². The molecule has 4 aromatic rings. The Morgan fingerprint density at radius 2 is 1.61 bits per heavy atom. The molecular weight excluding hydrogens is 418 g/mol. The number of methoxy groups -OCH3 is 1. The molecule has 1 aliphatic heterocycles. The van der Waals surface area contributed by atoms with Crippen molar-refractivity contribution in [3.05, 3.63) is 101 Å². The van der Waals surface area contributed by atoms with Crippen LogP contribution in [0.1, 0.15) is 43.8 Å². The van der Waals surface area contributed by atoms with Crippen molar-refractivity contribution in [3.8, 4) is 17.1 Å². The molecule has 0 saturated carbocycles. The van der Waals surface area contributed by atoms with E-state index in [2.05, 4.69) is 10.1 Å². The second kappa shape index (κ2) is 8.35. The lowest BCUT2D eigenvalue weighted by Crippen LogP contribution is -2.35. The lowest BCUT2D eigenvalue weighted by Gasteiger charge is -2.23. The van der Waals surface area contributed by atoms with Crippen LogP contribution in [0, 0.1) is 6.92 Å². The Morgan fingerprint density at radius 3 is 2.27 bits per heavy atom. The van der Waals surface area contributed by atoms with E-state index in [1.165, 1.54) is 4.90 Å². The molecular formula is C26H21N3O4. The van der Waals surface area contributed by atoms with E-state index >= 15 is 0 Å². The summed E-state index contributed by atoms with van der Waals surface area (Å²) in [6.07, 6.45) is 0.352. The third kappa shape index (κ3) is 3.67. The van der Waals surface area contributed by atoms with Crippen LogP contribution >= 0.6 is 0 Å². The Morgan fingerprint density at radius 1 is 0.939 bits per heavy atom. The molecule has 1 aromatic heterocycles. The van der Waals surface area contributed by atoms with E-state index < -0.39 is 6.04 Å². The molecule has 5 rings (SSSR count). The summed E-state index contributed by atoms with van der Waals surface area (Å²) in [6, 6.07) is 21.3. The first-order valence-corrected chi connectivity index (χ1v) is 10.6. The molecule has 0 radical (unpaired) electrons. The lowest BCUT2D eigenvalue weighted by molar-refractivity contribution is 0.0551. The van der Waals surface area contributed by atoms with E-state index in [1.54, 1.807) is 31.4 Å². The molecule has 1 atom stereocenters. The molecule has 0 N–H and O–H groups in total. The van der Waals surface area contributed by atoms with Gasteiger partial charge in [-0.25, -0.2) is 0 Å². The monoisotopic (exact) mass is 439 g/mol. The summed E-state index contributed by atoms with van der Waals surface area (Å²) in [4.78, 5) is 32.2. The van der Waals surface area contributed by atoms with Crippen molar-refractivity contribution < 1.29 is 18.8 Å². The summed E-state index contributed by atoms with van der Waals surface area (Å²) in [5, 5.41) is 4.13. The Bertz CT molecular complexity index is 1310. The molecule has 1 unspecified atom stereocenters. The molecule has 0 aliphatic carbocycles. The normalized spacial score (nSPS) is 13.8. The summed E-state index contributed by atoms with van der Waals surface area (Å²) in [7, 11) is 1.60. The zero-order valence-corrected chi connectivity index (χ0v) is 18.2. The molecule has 0 saturated heterocycles. The predicted octanol–water partition coefficient (Wildman–Crippen LogP) is 4.63. The zero-order valence-electron chi connectivity index (χ0n) is 18.2. The van der Waals surface area contributed by atoms with Gasteiger partial charge in [0.2, 0.25) is 5.82 Å². The molecule has 0 bridgehead atoms. The van der Waals surface area contributed by atoms with Crippen LogP contribution in [0.3, 0.4) is 0 Å². The molecule has 7 nitrogen and oxygen atoms in total. The van der Waals surface area contributed by atoms with Crippen molar-refractivity contribution in [2.45, 2.75) is 19.4 Å². The molecule has 0 fully saturated rings. The maximum Gasteiger partial charge on any atom is 0.262 e. The minimum absolute atomic E-state index is 0.197. The number of aromatic nitrogens is 2. The highest BCUT2D eigenvalue weighted by Gasteiger charge is 2.42. The fraction of sp³-hybridized carbons (Fsp3) is 0.154. The highest BCUT2D eigenvalue weighted by Crippen LogP contribution is 2.34. The van der Waals surface area contributed by atoms with Gasteiger partial charge in [-0.2, -0.15) is 4.98 Å². The zero-order chi connectivity index (χ0) is 22.9. The van der Waals surface area contributed by atoms with E-state index in [0.717, 1.165) is 11.1 Å². The molecule has 33 heavy (non-hydrogen) atoms. The summed E-state index contributed by atoms with van der Waals surface area (Å²) >= 11 is 0. The van der Waals surface area contributed by atoms with E-state index in [0.29, 0.717) is 34.7 Å². The Hall–Kier alpha value is -4.26. The number of nitrogens with zero attached hydrogens (tertiary/aromatic N) is 3. The average molecular weight is 439 g/mol. The van der Waals surface area contributed by atoms with E-state index in [1.807, 2.05) is 55.5 Å². The van der Waals surface area contributed by atoms with Gasteiger partial charge in [-0.3, -0.25) is 14.5 Å². The summed E-state index contributed by atoms with van der Waals surface area (Å²) in [6.45, 7) is 1.95. The first-order chi connectivity index (χ1) is 16.1. The van der Waals surface area contributed by atoms with Crippen LogP contribution in [0.25, 0.3) is 11.4 Å².